The van der Waals surface area contributed by atoms with E-state index >= 15 is 0 Å². The molecule has 2 aromatic rings. The first-order valence-electron chi connectivity index (χ1n) is 8.65. The van der Waals surface area contributed by atoms with Gasteiger partial charge in [0.15, 0.2) is 0 Å². The van der Waals surface area contributed by atoms with Gasteiger partial charge in [0, 0.05) is 11.9 Å². The lowest BCUT2D eigenvalue weighted by atomic mass is 9.83. The van der Waals surface area contributed by atoms with Gasteiger partial charge in [0.1, 0.15) is 0 Å². The van der Waals surface area contributed by atoms with Gasteiger partial charge in [-0.15, -0.1) is 0 Å². The number of benzene rings is 1. The van der Waals surface area contributed by atoms with Gasteiger partial charge >= 0.3 is 6.03 Å². The molecule has 130 valence electrons. The molecule has 1 aromatic carbocycles. The van der Waals surface area contributed by atoms with Crippen molar-refractivity contribution >= 4 is 22.7 Å². The summed E-state index contributed by atoms with van der Waals surface area (Å²) in [5.74, 6) is -0.109. The van der Waals surface area contributed by atoms with Crippen LogP contribution in [-0.2, 0) is 11.3 Å². The molecule has 0 radical (unpaired) electrons. The molecule has 25 heavy (non-hydrogen) atoms. The number of urea groups is 1. The number of hydrogen-bond donors (Lipinski definition) is 1. The summed E-state index contributed by atoms with van der Waals surface area (Å²) in [6.07, 6.45) is 5.29. The van der Waals surface area contributed by atoms with Gasteiger partial charge in [0.25, 0.3) is 5.56 Å². The third-order valence-electron chi connectivity index (χ3n) is 5.38. The summed E-state index contributed by atoms with van der Waals surface area (Å²) in [7, 11) is 0. The van der Waals surface area contributed by atoms with Crippen LogP contribution in [0.3, 0.4) is 0 Å². The number of nitrogens with one attached hydrogen (secondary N) is 1. The van der Waals surface area contributed by atoms with Gasteiger partial charge in [0.05, 0.1) is 30.1 Å². The molecule has 2 fully saturated rings. The van der Waals surface area contributed by atoms with Crippen molar-refractivity contribution in [2.45, 2.75) is 32.2 Å². The van der Waals surface area contributed by atoms with Crippen molar-refractivity contribution in [3.63, 3.8) is 0 Å². The van der Waals surface area contributed by atoms with Crippen LogP contribution in [-0.4, -0.2) is 39.7 Å². The number of fused-ring (bicyclic) bond motifs is 1. The van der Waals surface area contributed by atoms with E-state index in [-0.39, 0.29) is 30.6 Å². The minimum Gasteiger partial charge on any atom is -0.337 e. The van der Waals surface area contributed by atoms with Gasteiger partial charge in [-0.2, -0.15) is 5.10 Å². The minimum atomic E-state index is -0.449. The van der Waals surface area contributed by atoms with Crippen LogP contribution in [0, 0.1) is 5.41 Å². The largest absolute Gasteiger partial charge is 0.337 e. The van der Waals surface area contributed by atoms with Crippen molar-refractivity contribution in [2.75, 3.05) is 13.1 Å². The maximum atomic E-state index is 12.8. The molecule has 1 saturated heterocycles. The van der Waals surface area contributed by atoms with Gasteiger partial charge in [0.2, 0.25) is 5.91 Å². The zero-order chi connectivity index (χ0) is 17.4. The second kappa shape index (κ2) is 5.98. The summed E-state index contributed by atoms with van der Waals surface area (Å²) in [5, 5.41) is 8.36. The first-order valence-corrected chi connectivity index (χ1v) is 8.65. The van der Waals surface area contributed by atoms with Crippen LogP contribution in [0.1, 0.15) is 25.7 Å². The van der Waals surface area contributed by atoms with E-state index in [2.05, 4.69) is 10.4 Å². The highest BCUT2D eigenvalue weighted by molar-refractivity contribution is 6.00. The molecule has 1 saturated carbocycles. The standard InChI is InChI=1S/C18H20N4O3/c23-15-14-6-2-1-5-13(14)11-20-22(15)10-9-21-16(24)18(7-3-4-8-18)12-19-17(21)25/h1-2,5-6,11H,3-4,7-10,12H2,(H,19,25). The molecule has 4 rings (SSSR count). The fourth-order valence-corrected chi connectivity index (χ4v) is 3.92. The quantitative estimate of drug-likeness (QED) is 0.918. The Bertz CT molecular complexity index is 899. The average Bonchev–Trinajstić information content (AvgIpc) is 3.10. The van der Waals surface area contributed by atoms with E-state index in [9.17, 15) is 14.4 Å². The molecule has 3 amide bonds. The molecular weight excluding hydrogens is 320 g/mol. The summed E-state index contributed by atoms with van der Waals surface area (Å²) >= 11 is 0. The first-order chi connectivity index (χ1) is 12.1. The summed E-state index contributed by atoms with van der Waals surface area (Å²) in [4.78, 5) is 38.7. The Hall–Kier alpha value is -2.70. The van der Waals surface area contributed by atoms with E-state index in [4.69, 9.17) is 0 Å². The number of amides is 3. The molecule has 1 N–H and O–H groups in total. The van der Waals surface area contributed by atoms with Gasteiger partial charge in [-0.25, -0.2) is 9.48 Å². The molecule has 1 spiro atoms. The van der Waals surface area contributed by atoms with Gasteiger partial charge in [-0.3, -0.25) is 14.5 Å². The number of imide groups is 1. The Morgan fingerprint density at radius 1 is 1.08 bits per heavy atom. The highest BCUT2D eigenvalue weighted by Crippen LogP contribution is 2.40. The normalized spacial score (nSPS) is 19.6. The maximum absolute atomic E-state index is 12.8. The summed E-state index contributed by atoms with van der Waals surface area (Å²) in [6.45, 7) is 0.770. The van der Waals surface area contributed by atoms with E-state index in [0.717, 1.165) is 31.1 Å². The lowest BCUT2D eigenvalue weighted by Crippen LogP contribution is -2.60. The lowest BCUT2D eigenvalue weighted by Gasteiger charge is -2.38. The van der Waals surface area contributed by atoms with Gasteiger partial charge < -0.3 is 5.32 Å². The predicted octanol–water partition coefficient (Wildman–Crippen LogP) is 1.51. The van der Waals surface area contributed by atoms with E-state index in [1.54, 1.807) is 18.3 Å². The van der Waals surface area contributed by atoms with Crippen molar-refractivity contribution in [1.29, 1.82) is 0 Å². The molecule has 7 heteroatoms. The van der Waals surface area contributed by atoms with Crippen LogP contribution >= 0.6 is 0 Å². The Balaban J connectivity index is 1.56. The number of aromatic nitrogens is 2. The molecule has 7 nitrogen and oxygen atoms in total. The van der Waals surface area contributed by atoms with Crippen molar-refractivity contribution in [1.82, 2.24) is 20.0 Å². The van der Waals surface area contributed by atoms with E-state index in [1.807, 2.05) is 12.1 Å². The second-order valence-electron chi connectivity index (χ2n) is 6.86. The number of carbonyl (C=O) groups is 2. The van der Waals surface area contributed by atoms with E-state index < -0.39 is 5.41 Å². The molecular formula is C18H20N4O3. The molecule has 0 atom stereocenters. The zero-order valence-electron chi connectivity index (χ0n) is 13.9. The minimum absolute atomic E-state index is 0.109. The topological polar surface area (TPSA) is 84.3 Å². The molecule has 0 bridgehead atoms. The Morgan fingerprint density at radius 2 is 1.84 bits per heavy atom. The number of rotatable bonds is 3. The van der Waals surface area contributed by atoms with Crippen LogP contribution in [0.15, 0.2) is 35.3 Å². The van der Waals surface area contributed by atoms with E-state index in [0.29, 0.717) is 11.9 Å². The SMILES string of the molecule is O=C1NCC2(CCCC2)C(=O)N1CCn1ncc2ccccc2c1=O. The van der Waals surface area contributed by atoms with Crippen molar-refractivity contribution in [2.24, 2.45) is 5.41 Å². The third-order valence-corrected chi connectivity index (χ3v) is 5.38. The molecule has 1 aromatic heterocycles. The zero-order valence-corrected chi connectivity index (χ0v) is 13.9. The summed E-state index contributed by atoms with van der Waals surface area (Å²) < 4.78 is 1.32. The molecule has 2 heterocycles. The summed E-state index contributed by atoms with van der Waals surface area (Å²) in [5.41, 5.74) is -0.658. The molecule has 2 aliphatic rings. The van der Waals surface area contributed by atoms with Gasteiger partial charge in [-0.1, -0.05) is 31.0 Å². The maximum Gasteiger partial charge on any atom is 0.324 e. The highest BCUT2D eigenvalue weighted by atomic mass is 16.2. The van der Waals surface area contributed by atoms with Crippen LogP contribution in [0.2, 0.25) is 0 Å². The van der Waals surface area contributed by atoms with Crippen molar-refractivity contribution < 1.29 is 9.59 Å². The molecule has 1 aliphatic carbocycles. The van der Waals surface area contributed by atoms with Crippen molar-refractivity contribution in [3.8, 4) is 0 Å². The number of carbonyl (C=O) groups excluding carboxylic acids is 2. The van der Waals surface area contributed by atoms with Gasteiger partial charge in [-0.05, 0) is 18.9 Å². The van der Waals surface area contributed by atoms with Crippen molar-refractivity contribution in [3.05, 3.63) is 40.8 Å². The number of hydrogen-bond acceptors (Lipinski definition) is 4. The Kier molecular flexibility index (Phi) is 3.78. The monoisotopic (exact) mass is 340 g/mol. The fraction of sp³-hybridized carbons (Fsp3) is 0.444. The summed E-state index contributed by atoms with van der Waals surface area (Å²) in [6, 6.07) is 6.86. The van der Waals surface area contributed by atoms with E-state index in [1.165, 1.54) is 9.58 Å². The number of nitrogens with zero attached hydrogens (tertiary/aromatic N) is 3. The second-order valence-corrected chi connectivity index (χ2v) is 6.86. The molecule has 1 aliphatic heterocycles. The van der Waals surface area contributed by atoms with Crippen LogP contribution in [0.5, 0.6) is 0 Å². The van der Waals surface area contributed by atoms with Crippen LogP contribution in [0.25, 0.3) is 10.8 Å². The Labute approximate surface area is 144 Å². The first kappa shape index (κ1) is 15.8. The Morgan fingerprint density at radius 3 is 2.64 bits per heavy atom. The third kappa shape index (κ3) is 2.59. The van der Waals surface area contributed by atoms with Crippen LogP contribution < -0.4 is 10.9 Å². The lowest BCUT2D eigenvalue weighted by molar-refractivity contribution is -0.140. The highest BCUT2D eigenvalue weighted by Gasteiger charge is 2.48. The van der Waals surface area contributed by atoms with Crippen LogP contribution in [0.4, 0.5) is 4.79 Å². The smallest absolute Gasteiger partial charge is 0.324 e. The predicted molar refractivity (Wildman–Crippen MR) is 92.0 cm³/mol. The fourth-order valence-electron chi connectivity index (χ4n) is 3.92. The molecule has 0 unspecified atom stereocenters. The average molecular weight is 340 g/mol.